The lowest BCUT2D eigenvalue weighted by Gasteiger charge is -2.18. The number of likely N-dealkylation sites (N-methyl/N-ethyl adjacent to an activating group) is 1. The Morgan fingerprint density at radius 2 is 1.62 bits per heavy atom. The van der Waals surface area contributed by atoms with Crippen molar-refractivity contribution in [2.24, 2.45) is 0 Å². The summed E-state index contributed by atoms with van der Waals surface area (Å²) in [5, 5.41) is 2.89. The zero-order valence-electron chi connectivity index (χ0n) is 15.8. The second kappa shape index (κ2) is 9.04. The van der Waals surface area contributed by atoms with E-state index in [1.165, 1.54) is 4.90 Å². The Morgan fingerprint density at radius 1 is 1.00 bits per heavy atom. The van der Waals surface area contributed by atoms with Gasteiger partial charge in [0.15, 0.2) is 0 Å². The number of carbonyl (C=O) groups is 2. The highest BCUT2D eigenvalue weighted by Gasteiger charge is 2.14. The third-order valence-electron chi connectivity index (χ3n) is 4.16. The molecule has 0 unspecified atom stereocenters. The fraction of sp³-hybridized carbons (Fsp3) is 0.333. The zero-order valence-corrected chi connectivity index (χ0v) is 15.8. The maximum absolute atomic E-state index is 12.2. The first-order valence-corrected chi connectivity index (χ1v) is 8.66. The molecule has 0 heterocycles. The van der Waals surface area contributed by atoms with Gasteiger partial charge in [-0.15, -0.1) is 0 Å². The van der Waals surface area contributed by atoms with Crippen LogP contribution in [0.15, 0.2) is 42.5 Å². The summed E-state index contributed by atoms with van der Waals surface area (Å²) < 4.78 is 5.57. The van der Waals surface area contributed by atoms with E-state index in [-0.39, 0.29) is 31.4 Å². The molecule has 0 aliphatic carbocycles. The van der Waals surface area contributed by atoms with E-state index in [0.29, 0.717) is 0 Å². The minimum Gasteiger partial charge on any atom is -0.493 e. The summed E-state index contributed by atoms with van der Waals surface area (Å²) in [7, 11) is 1.62. The molecule has 1 N–H and O–H groups in total. The molecular formula is C21H26N2O3. The van der Waals surface area contributed by atoms with Crippen LogP contribution in [0.25, 0.3) is 0 Å². The van der Waals surface area contributed by atoms with Gasteiger partial charge in [-0.1, -0.05) is 35.9 Å². The first-order chi connectivity index (χ1) is 12.4. The first kappa shape index (κ1) is 19.5. The predicted octanol–water partition coefficient (Wildman–Crippen LogP) is 3.48. The van der Waals surface area contributed by atoms with E-state index in [2.05, 4.69) is 5.32 Å². The van der Waals surface area contributed by atoms with E-state index in [4.69, 9.17) is 4.74 Å². The monoisotopic (exact) mass is 354 g/mol. The number of rotatable bonds is 7. The molecule has 0 spiro atoms. The Labute approximate surface area is 155 Å². The molecule has 0 aliphatic heterocycles. The van der Waals surface area contributed by atoms with Gasteiger partial charge in [-0.05, 0) is 44.0 Å². The Balaban J connectivity index is 1.79. The molecule has 2 aromatic rings. The maximum Gasteiger partial charge on any atom is 0.243 e. The van der Waals surface area contributed by atoms with Crippen molar-refractivity contribution in [3.8, 4) is 5.75 Å². The van der Waals surface area contributed by atoms with Crippen molar-refractivity contribution >= 4 is 17.5 Å². The molecule has 26 heavy (non-hydrogen) atoms. The topological polar surface area (TPSA) is 58.6 Å². The normalized spacial score (nSPS) is 10.3. The van der Waals surface area contributed by atoms with Crippen molar-refractivity contribution in [2.75, 3.05) is 25.5 Å². The first-order valence-electron chi connectivity index (χ1n) is 8.66. The molecule has 0 saturated carbocycles. The molecular weight excluding hydrogens is 328 g/mol. The highest BCUT2D eigenvalue weighted by molar-refractivity contribution is 5.95. The van der Waals surface area contributed by atoms with Gasteiger partial charge in [0.25, 0.3) is 0 Å². The second-order valence-corrected chi connectivity index (χ2v) is 6.48. The third kappa shape index (κ3) is 5.62. The Morgan fingerprint density at radius 3 is 2.23 bits per heavy atom. The minimum atomic E-state index is -0.210. The van der Waals surface area contributed by atoms with Crippen LogP contribution < -0.4 is 10.1 Å². The quantitative estimate of drug-likeness (QED) is 0.828. The molecule has 5 nitrogen and oxygen atoms in total. The molecule has 0 atom stereocenters. The second-order valence-electron chi connectivity index (χ2n) is 6.48. The Hall–Kier alpha value is -2.82. The van der Waals surface area contributed by atoms with Crippen LogP contribution in [0.4, 0.5) is 5.69 Å². The highest BCUT2D eigenvalue weighted by Crippen LogP contribution is 2.19. The van der Waals surface area contributed by atoms with E-state index in [1.807, 2.05) is 63.2 Å². The lowest BCUT2D eigenvalue weighted by Crippen LogP contribution is -2.35. The number of benzene rings is 2. The molecule has 0 bridgehead atoms. The van der Waals surface area contributed by atoms with E-state index < -0.39 is 0 Å². The van der Waals surface area contributed by atoms with Crippen LogP contribution in [-0.4, -0.2) is 36.9 Å². The van der Waals surface area contributed by atoms with Crippen molar-refractivity contribution in [3.05, 3.63) is 59.2 Å². The van der Waals surface area contributed by atoms with Crippen molar-refractivity contribution < 1.29 is 14.3 Å². The fourth-order valence-corrected chi connectivity index (χ4v) is 2.58. The van der Waals surface area contributed by atoms with Crippen LogP contribution in [-0.2, 0) is 9.59 Å². The summed E-state index contributed by atoms with van der Waals surface area (Å²) in [5.74, 6) is 0.394. The van der Waals surface area contributed by atoms with Gasteiger partial charge in [-0.25, -0.2) is 0 Å². The molecule has 0 saturated heterocycles. The number of ether oxygens (including phenoxy) is 1. The summed E-state index contributed by atoms with van der Waals surface area (Å²) >= 11 is 0. The number of nitrogens with one attached hydrogen (secondary N) is 1. The maximum atomic E-state index is 12.2. The zero-order chi connectivity index (χ0) is 19.1. The average molecular weight is 354 g/mol. The van der Waals surface area contributed by atoms with Crippen molar-refractivity contribution in [3.63, 3.8) is 0 Å². The van der Waals surface area contributed by atoms with E-state index in [9.17, 15) is 9.59 Å². The van der Waals surface area contributed by atoms with Gasteiger partial charge in [0.2, 0.25) is 11.8 Å². The number of aryl methyl sites for hydroxylation is 3. The largest absolute Gasteiger partial charge is 0.493 e. The number of hydrogen-bond donors (Lipinski definition) is 1. The minimum absolute atomic E-state index is 0.0111. The van der Waals surface area contributed by atoms with Crippen LogP contribution >= 0.6 is 0 Å². The van der Waals surface area contributed by atoms with Gasteiger partial charge in [0.05, 0.1) is 19.6 Å². The molecule has 2 rings (SSSR count). The summed E-state index contributed by atoms with van der Waals surface area (Å²) in [4.78, 5) is 25.8. The lowest BCUT2D eigenvalue weighted by atomic mass is 10.1. The Kier molecular flexibility index (Phi) is 6.78. The predicted molar refractivity (Wildman–Crippen MR) is 103 cm³/mol. The smallest absolute Gasteiger partial charge is 0.243 e. The van der Waals surface area contributed by atoms with Gasteiger partial charge >= 0.3 is 0 Å². The number of carbonyl (C=O) groups excluding carboxylic acids is 2. The van der Waals surface area contributed by atoms with Gasteiger partial charge in [-0.3, -0.25) is 9.59 Å². The van der Waals surface area contributed by atoms with E-state index in [1.54, 1.807) is 7.05 Å². The van der Waals surface area contributed by atoms with Gasteiger partial charge in [0.1, 0.15) is 5.75 Å². The van der Waals surface area contributed by atoms with Gasteiger partial charge < -0.3 is 15.0 Å². The lowest BCUT2D eigenvalue weighted by molar-refractivity contribution is -0.133. The molecule has 0 aromatic heterocycles. The van der Waals surface area contributed by atoms with E-state index in [0.717, 1.165) is 28.1 Å². The highest BCUT2D eigenvalue weighted by atomic mass is 16.5. The number of anilines is 1. The molecule has 0 radical (unpaired) electrons. The van der Waals surface area contributed by atoms with Crippen LogP contribution in [0, 0.1) is 20.8 Å². The summed E-state index contributed by atoms with van der Waals surface area (Å²) in [5.41, 5.74) is 3.96. The van der Waals surface area contributed by atoms with Crippen molar-refractivity contribution in [1.82, 2.24) is 4.90 Å². The van der Waals surface area contributed by atoms with Crippen LogP contribution in [0.3, 0.4) is 0 Å². The molecule has 2 aromatic carbocycles. The molecule has 2 amide bonds. The number of nitrogens with zero attached hydrogens (tertiary/aromatic N) is 1. The van der Waals surface area contributed by atoms with Crippen LogP contribution in [0.1, 0.15) is 23.1 Å². The fourth-order valence-electron chi connectivity index (χ4n) is 2.58. The number of amides is 2. The van der Waals surface area contributed by atoms with Gasteiger partial charge in [-0.2, -0.15) is 0 Å². The SMILES string of the molecule is Cc1ccc(OCCC(=O)N(C)CC(=O)Nc2c(C)cccc2C)cc1. The summed E-state index contributed by atoms with van der Waals surface area (Å²) in [6, 6.07) is 13.5. The number of hydrogen-bond acceptors (Lipinski definition) is 3. The Bertz CT molecular complexity index is 749. The summed E-state index contributed by atoms with van der Waals surface area (Å²) in [6.45, 7) is 6.19. The molecule has 138 valence electrons. The molecule has 0 fully saturated rings. The third-order valence-corrected chi connectivity index (χ3v) is 4.16. The number of para-hydroxylation sites is 1. The standard InChI is InChI=1S/C21H26N2O3/c1-15-8-10-18(11-9-15)26-13-12-20(25)23(4)14-19(24)22-21-16(2)6-5-7-17(21)3/h5-11H,12-14H2,1-4H3,(H,22,24). The van der Waals surface area contributed by atoms with Crippen LogP contribution in [0.5, 0.6) is 5.75 Å². The van der Waals surface area contributed by atoms with Crippen LogP contribution in [0.2, 0.25) is 0 Å². The average Bonchev–Trinajstić information content (AvgIpc) is 2.60. The summed E-state index contributed by atoms with van der Waals surface area (Å²) in [6.07, 6.45) is 0.223. The molecule has 5 heteroatoms. The van der Waals surface area contributed by atoms with Crippen molar-refractivity contribution in [2.45, 2.75) is 27.2 Å². The van der Waals surface area contributed by atoms with Crippen molar-refractivity contribution in [1.29, 1.82) is 0 Å². The molecule has 0 aliphatic rings. The van der Waals surface area contributed by atoms with E-state index >= 15 is 0 Å². The van der Waals surface area contributed by atoms with Gasteiger partial charge in [0, 0.05) is 12.7 Å².